The fourth-order valence-electron chi connectivity index (χ4n) is 6.13. The van der Waals surface area contributed by atoms with Crippen molar-refractivity contribution in [2.75, 3.05) is 44.1 Å². The van der Waals surface area contributed by atoms with Crippen molar-refractivity contribution in [2.45, 2.75) is 55.9 Å². The standard InChI is InChI=1S/C34H42N4O5S/c1-43-31-13-15-32(16-14-31)44(41,42)38(33-9-4-3-8-29(33)12-11-28-17-26-37(40)27-18-28)34(39)10-7-21-35-24-19-30(20-25-35)36-22-5-2-6-23-36/h3-4,8-9,11-18,26-27,30H,2,5-7,10,19-25H2,1H3. The van der Waals surface area contributed by atoms with E-state index in [0.29, 0.717) is 28.5 Å². The van der Waals surface area contributed by atoms with Crippen LogP contribution in [0.3, 0.4) is 0 Å². The molecule has 44 heavy (non-hydrogen) atoms. The van der Waals surface area contributed by atoms with Crippen LogP contribution >= 0.6 is 0 Å². The highest BCUT2D eigenvalue weighted by atomic mass is 32.2. The first kappa shape index (κ1) is 31.7. The number of nitrogens with zero attached hydrogens (tertiary/aromatic N) is 4. The quantitative estimate of drug-likeness (QED) is 0.222. The predicted octanol–water partition coefficient (Wildman–Crippen LogP) is 4.95. The lowest BCUT2D eigenvalue weighted by Gasteiger charge is -2.40. The van der Waals surface area contributed by atoms with Crippen molar-refractivity contribution >= 4 is 33.8 Å². The average molecular weight is 619 g/mol. The van der Waals surface area contributed by atoms with Crippen LogP contribution in [0.4, 0.5) is 5.69 Å². The van der Waals surface area contributed by atoms with E-state index < -0.39 is 15.9 Å². The molecule has 10 heteroatoms. The van der Waals surface area contributed by atoms with E-state index in [4.69, 9.17) is 4.74 Å². The molecule has 1 amide bonds. The van der Waals surface area contributed by atoms with Crippen LogP contribution in [0.25, 0.3) is 12.2 Å². The minimum atomic E-state index is -4.23. The predicted molar refractivity (Wildman–Crippen MR) is 173 cm³/mol. The summed E-state index contributed by atoms with van der Waals surface area (Å²) < 4.78 is 35.0. The summed E-state index contributed by atoms with van der Waals surface area (Å²) in [5, 5.41) is 11.4. The molecule has 9 nitrogen and oxygen atoms in total. The van der Waals surface area contributed by atoms with E-state index in [-0.39, 0.29) is 17.0 Å². The summed E-state index contributed by atoms with van der Waals surface area (Å²) in [4.78, 5) is 18.9. The number of aromatic nitrogens is 1. The normalized spacial score (nSPS) is 17.1. The smallest absolute Gasteiger partial charge is 0.270 e. The van der Waals surface area contributed by atoms with Crippen molar-refractivity contribution in [3.8, 4) is 5.75 Å². The molecule has 5 rings (SSSR count). The molecule has 2 saturated heterocycles. The van der Waals surface area contributed by atoms with E-state index in [1.807, 2.05) is 0 Å². The lowest BCUT2D eigenvalue weighted by Crippen LogP contribution is -2.47. The van der Waals surface area contributed by atoms with E-state index in [2.05, 4.69) is 9.80 Å². The van der Waals surface area contributed by atoms with Crippen LogP contribution in [-0.4, -0.2) is 70.0 Å². The van der Waals surface area contributed by atoms with Gasteiger partial charge in [0, 0.05) is 24.6 Å². The number of hydrogen-bond acceptors (Lipinski definition) is 7. The Morgan fingerprint density at radius 3 is 2.32 bits per heavy atom. The maximum atomic E-state index is 14.1. The van der Waals surface area contributed by atoms with Crippen molar-refractivity contribution in [1.82, 2.24) is 9.80 Å². The molecule has 3 heterocycles. The first-order chi connectivity index (χ1) is 21.3. The van der Waals surface area contributed by atoms with Crippen LogP contribution in [0.1, 0.15) is 56.1 Å². The Hall–Kier alpha value is -3.73. The zero-order chi connectivity index (χ0) is 30.9. The molecule has 0 N–H and O–H groups in total. The number of rotatable bonds is 11. The first-order valence-corrected chi connectivity index (χ1v) is 16.9. The van der Waals surface area contributed by atoms with Gasteiger partial charge in [-0.3, -0.25) is 4.79 Å². The van der Waals surface area contributed by atoms with Crippen molar-refractivity contribution < 1.29 is 22.7 Å². The highest BCUT2D eigenvalue weighted by molar-refractivity contribution is 7.93. The van der Waals surface area contributed by atoms with Gasteiger partial charge in [0.05, 0.1) is 17.7 Å². The third-order valence-electron chi connectivity index (χ3n) is 8.59. The second-order valence-corrected chi connectivity index (χ2v) is 13.3. The molecular weight excluding hydrogens is 576 g/mol. The summed E-state index contributed by atoms with van der Waals surface area (Å²) in [7, 11) is -2.72. The van der Waals surface area contributed by atoms with Crippen LogP contribution in [0.5, 0.6) is 5.75 Å². The van der Waals surface area contributed by atoms with Gasteiger partial charge in [0.15, 0.2) is 12.4 Å². The fraction of sp³-hybridized carbons (Fsp3) is 0.412. The monoisotopic (exact) mass is 618 g/mol. The van der Waals surface area contributed by atoms with Gasteiger partial charge in [-0.05, 0) is 106 Å². The summed E-state index contributed by atoms with van der Waals surface area (Å²) in [5.74, 6) is 0.0495. The largest absolute Gasteiger partial charge is 0.619 e. The lowest BCUT2D eigenvalue weighted by atomic mass is 10.00. The summed E-state index contributed by atoms with van der Waals surface area (Å²) in [6.07, 6.45) is 13.2. The maximum absolute atomic E-state index is 14.1. The Balaban J connectivity index is 1.33. The molecule has 0 radical (unpaired) electrons. The minimum absolute atomic E-state index is 0.00766. The van der Waals surface area contributed by atoms with Gasteiger partial charge in [-0.15, -0.1) is 0 Å². The second-order valence-electron chi connectivity index (χ2n) is 11.5. The summed E-state index contributed by atoms with van der Waals surface area (Å²) in [6, 6.07) is 17.0. The third kappa shape index (κ3) is 7.85. The van der Waals surface area contributed by atoms with Crippen LogP contribution in [0.15, 0.2) is 78.0 Å². The SMILES string of the molecule is COc1ccc(S(=O)(=O)N(C(=O)CCCN2CCC(N3CCCCC3)CC2)c2ccccc2C=Cc2cc[n+]([O-])cc2)cc1. The Bertz CT molecular complexity index is 1510. The topological polar surface area (TPSA) is 97.1 Å². The van der Waals surface area contributed by atoms with E-state index in [1.165, 1.54) is 64.0 Å². The number of ether oxygens (including phenoxy) is 1. The number of carbonyl (C=O) groups is 1. The zero-order valence-corrected chi connectivity index (χ0v) is 26.2. The van der Waals surface area contributed by atoms with Gasteiger partial charge in [-0.25, -0.2) is 12.7 Å². The molecule has 2 aliphatic heterocycles. The van der Waals surface area contributed by atoms with Crippen molar-refractivity contribution in [2.24, 2.45) is 0 Å². The minimum Gasteiger partial charge on any atom is -0.619 e. The Labute approximate surface area is 261 Å². The summed E-state index contributed by atoms with van der Waals surface area (Å²) >= 11 is 0. The molecule has 0 spiro atoms. The molecule has 3 aromatic rings. The van der Waals surface area contributed by atoms with E-state index in [9.17, 15) is 18.4 Å². The van der Waals surface area contributed by atoms with Crippen LogP contribution < -0.4 is 13.8 Å². The zero-order valence-electron chi connectivity index (χ0n) is 25.4. The van der Waals surface area contributed by atoms with Gasteiger partial charge in [-0.2, -0.15) is 4.73 Å². The molecular formula is C34H42N4O5S. The molecule has 2 aliphatic rings. The van der Waals surface area contributed by atoms with E-state index in [0.717, 1.165) is 42.3 Å². The Morgan fingerprint density at radius 1 is 0.955 bits per heavy atom. The van der Waals surface area contributed by atoms with Gasteiger partial charge < -0.3 is 19.7 Å². The molecule has 0 aliphatic carbocycles. The highest BCUT2D eigenvalue weighted by Gasteiger charge is 2.32. The molecule has 0 atom stereocenters. The van der Waals surface area contributed by atoms with Gasteiger partial charge in [-0.1, -0.05) is 36.8 Å². The number of carbonyl (C=O) groups excluding carboxylic acids is 1. The number of sulfonamides is 1. The molecule has 2 aromatic carbocycles. The van der Waals surface area contributed by atoms with Crippen LogP contribution in [0, 0.1) is 5.21 Å². The van der Waals surface area contributed by atoms with Crippen LogP contribution in [-0.2, 0) is 14.8 Å². The van der Waals surface area contributed by atoms with Crippen molar-refractivity contribution in [3.05, 3.63) is 89.4 Å². The lowest BCUT2D eigenvalue weighted by molar-refractivity contribution is -0.605. The Morgan fingerprint density at radius 2 is 1.64 bits per heavy atom. The van der Waals surface area contributed by atoms with Crippen molar-refractivity contribution in [1.29, 1.82) is 0 Å². The number of likely N-dealkylation sites (tertiary alicyclic amines) is 2. The number of pyridine rings is 1. The molecule has 2 fully saturated rings. The van der Waals surface area contributed by atoms with Crippen LogP contribution in [0.2, 0.25) is 0 Å². The third-order valence-corrected chi connectivity index (χ3v) is 10.3. The molecule has 0 saturated carbocycles. The molecule has 234 valence electrons. The maximum Gasteiger partial charge on any atom is 0.270 e. The number of para-hydroxylation sites is 1. The highest BCUT2D eigenvalue weighted by Crippen LogP contribution is 2.31. The summed E-state index contributed by atoms with van der Waals surface area (Å²) in [5.41, 5.74) is 1.62. The number of amides is 1. The number of piperidine rings is 2. The first-order valence-electron chi connectivity index (χ1n) is 15.5. The number of methoxy groups -OCH3 is 1. The number of hydrogen-bond donors (Lipinski definition) is 0. The summed E-state index contributed by atoms with van der Waals surface area (Å²) in [6.45, 7) is 5.18. The van der Waals surface area contributed by atoms with E-state index >= 15 is 0 Å². The molecule has 0 bridgehead atoms. The fourth-order valence-corrected chi connectivity index (χ4v) is 7.61. The Kier molecular flexibility index (Phi) is 10.7. The molecule has 1 aromatic heterocycles. The van der Waals surface area contributed by atoms with Gasteiger partial charge in [0.1, 0.15) is 5.75 Å². The van der Waals surface area contributed by atoms with Gasteiger partial charge >= 0.3 is 0 Å². The molecule has 0 unspecified atom stereocenters. The second kappa shape index (κ2) is 14.8. The number of anilines is 1. The number of benzene rings is 2. The average Bonchev–Trinajstić information content (AvgIpc) is 3.06. The van der Waals surface area contributed by atoms with Gasteiger partial charge in [0.2, 0.25) is 5.91 Å². The van der Waals surface area contributed by atoms with E-state index in [1.54, 1.807) is 60.7 Å². The van der Waals surface area contributed by atoms with Crippen molar-refractivity contribution in [3.63, 3.8) is 0 Å². The van der Waals surface area contributed by atoms with Gasteiger partial charge in [0.25, 0.3) is 10.0 Å².